The number of fused-ring (bicyclic) bond motifs is 4. The summed E-state index contributed by atoms with van der Waals surface area (Å²) in [5, 5.41) is 22.7. The Bertz CT molecular complexity index is 711. The fourth-order valence-electron chi connectivity index (χ4n) is 9.12. The van der Waals surface area contributed by atoms with E-state index in [0.29, 0.717) is 25.0 Å². The van der Waals surface area contributed by atoms with E-state index in [0.717, 1.165) is 25.2 Å². The van der Waals surface area contributed by atoms with E-state index >= 15 is 0 Å². The molecule has 1 saturated heterocycles. The Balaban J connectivity index is 1.40. The predicted octanol–water partition coefficient (Wildman–Crippen LogP) is 3.27. The minimum Gasteiger partial charge on any atom is -0.392 e. The fraction of sp³-hybridized carbons (Fsp3) is 0.913. The molecule has 1 heterocycles. The summed E-state index contributed by atoms with van der Waals surface area (Å²) in [5.74, 6) is 1.18. The average molecular weight is 375 g/mol. The maximum absolute atomic E-state index is 11.5. The van der Waals surface area contributed by atoms with Gasteiger partial charge >= 0.3 is 0 Å². The molecular formula is C23H34O4. The molecule has 0 aromatic rings. The number of hydrogen-bond donors (Lipinski definition) is 2. The quantitative estimate of drug-likeness (QED) is 0.692. The van der Waals surface area contributed by atoms with Gasteiger partial charge in [-0.05, 0) is 68.6 Å². The minimum absolute atomic E-state index is 0.150. The van der Waals surface area contributed by atoms with E-state index in [2.05, 4.69) is 26.8 Å². The molecule has 5 aliphatic carbocycles. The van der Waals surface area contributed by atoms with Crippen molar-refractivity contribution in [2.45, 2.75) is 77.3 Å². The van der Waals surface area contributed by atoms with Gasteiger partial charge < -0.3 is 19.7 Å². The molecule has 2 N–H and O–H groups in total. The summed E-state index contributed by atoms with van der Waals surface area (Å²) in [5.41, 5.74) is 1.44. The SMILES string of the molecule is CC1([C@H]2CC=C3[C@@H]4C[C@@H](O)[C@]56C[C@@H]5CC[C@]6(C)[C@H]4C[C@@H](O)[C@@]32C)OCCO1. The zero-order valence-electron chi connectivity index (χ0n) is 16.9. The minimum atomic E-state index is -0.603. The molecule has 5 fully saturated rings. The van der Waals surface area contributed by atoms with Crippen LogP contribution in [0.25, 0.3) is 0 Å². The lowest BCUT2D eigenvalue weighted by Crippen LogP contribution is -2.60. The lowest BCUT2D eigenvalue weighted by Gasteiger charge is -2.60. The van der Waals surface area contributed by atoms with Crippen molar-refractivity contribution in [3.8, 4) is 0 Å². The molecule has 4 heteroatoms. The summed E-state index contributed by atoms with van der Waals surface area (Å²) in [6, 6.07) is 0. The van der Waals surface area contributed by atoms with Gasteiger partial charge in [-0.25, -0.2) is 0 Å². The number of hydrogen-bond acceptors (Lipinski definition) is 4. The predicted molar refractivity (Wildman–Crippen MR) is 101 cm³/mol. The molecule has 6 aliphatic rings. The molecule has 4 saturated carbocycles. The van der Waals surface area contributed by atoms with Crippen molar-refractivity contribution < 1.29 is 19.7 Å². The fourth-order valence-corrected chi connectivity index (χ4v) is 9.12. The average Bonchev–Trinajstić information content (AvgIpc) is 2.88. The Hall–Kier alpha value is -0.420. The molecule has 1 aliphatic heterocycles. The third kappa shape index (κ3) is 1.77. The van der Waals surface area contributed by atoms with E-state index < -0.39 is 5.79 Å². The molecule has 150 valence electrons. The van der Waals surface area contributed by atoms with Gasteiger partial charge in [-0.3, -0.25) is 0 Å². The number of aliphatic hydroxyl groups excluding tert-OH is 2. The summed E-state index contributed by atoms with van der Waals surface area (Å²) in [6.45, 7) is 8.01. The van der Waals surface area contributed by atoms with Crippen molar-refractivity contribution >= 4 is 0 Å². The summed E-state index contributed by atoms with van der Waals surface area (Å²) < 4.78 is 12.1. The summed E-state index contributed by atoms with van der Waals surface area (Å²) in [7, 11) is 0. The first-order valence-electron chi connectivity index (χ1n) is 11.1. The van der Waals surface area contributed by atoms with Crippen molar-refractivity contribution in [2.75, 3.05) is 13.2 Å². The molecule has 27 heavy (non-hydrogen) atoms. The van der Waals surface area contributed by atoms with Crippen LogP contribution in [0.4, 0.5) is 0 Å². The van der Waals surface area contributed by atoms with Gasteiger partial charge in [0.1, 0.15) is 0 Å². The normalized spacial score (nSPS) is 60.3. The van der Waals surface area contributed by atoms with E-state index in [1.165, 1.54) is 24.8 Å². The standard InChI is InChI=1S/C23H34O4/c1-20-7-6-13-12-23(13,20)19(25)10-14-15-4-5-17(22(3)26-8-9-27-22)21(15,2)18(24)11-16(14)20/h4,13-14,16-19,24-25H,5-12H2,1-3H3/t13-,14-,16-,17-,18+,19+,20+,21-,23-/m0/s1. The topological polar surface area (TPSA) is 58.9 Å². The molecule has 0 bridgehead atoms. The van der Waals surface area contributed by atoms with Crippen LogP contribution in [0.2, 0.25) is 0 Å². The largest absolute Gasteiger partial charge is 0.392 e. The lowest BCUT2D eigenvalue weighted by molar-refractivity contribution is -0.223. The van der Waals surface area contributed by atoms with Crippen LogP contribution in [0.15, 0.2) is 11.6 Å². The van der Waals surface area contributed by atoms with Gasteiger partial charge in [0, 0.05) is 16.7 Å². The number of aliphatic hydroxyl groups is 2. The molecule has 4 nitrogen and oxygen atoms in total. The van der Waals surface area contributed by atoms with Gasteiger partial charge in [0.25, 0.3) is 0 Å². The first kappa shape index (κ1) is 17.4. The van der Waals surface area contributed by atoms with Crippen LogP contribution in [0, 0.1) is 39.9 Å². The first-order valence-corrected chi connectivity index (χ1v) is 11.1. The Morgan fingerprint density at radius 3 is 2.48 bits per heavy atom. The highest BCUT2D eigenvalue weighted by Gasteiger charge is 2.77. The number of allylic oxidation sites excluding steroid dienone is 1. The van der Waals surface area contributed by atoms with Crippen molar-refractivity contribution in [3.05, 3.63) is 11.6 Å². The number of ether oxygens (including phenoxy) is 2. The van der Waals surface area contributed by atoms with E-state index in [-0.39, 0.29) is 34.4 Å². The highest BCUT2D eigenvalue weighted by Crippen LogP contribution is 2.81. The Labute approximate surface area is 162 Å². The van der Waals surface area contributed by atoms with Crippen LogP contribution < -0.4 is 0 Å². The zero-order chi connectivity index (χ0) is 18.8. The molecule has 1 spiro atoms. The smallest absolute Gasteiger partial charge is 0.169 e. The van der Waals surface area contributed by atoms with E-state index in [9.17, 15) is 10.2 Å². The van der Waals surface area contributed by atoms with Crippen molar-refractivity contribution in [1.29, 1.82) is 0 Å². The second kappa shape index (κ2) is 5.00. The molecule has 0 amide bonds. The lowest BCUT2D eigenvalue weighted by atomic mass is 9.46. The molecule has 0 unspecified atom stereocenters. The molecule has 0 aromatic carbocycles. The Morgan fingerprint density at radius 1 is 1.04 bits per heavy atom. The van der Waals surface area contributed by atoms with Crippen LogP contribution in [-0.2, 0) is 9.47 Å². The summed E-state index contributed by atoms with van der Waals surface area (Å²) in [4.78, 5) is 0. The van der Waals surface area contributed by atoms with Crippen LogP contribution >= 0.6 is 0 Å². The third-order valence-corrected chi connectivity index (χ3v) is 10.6. The van der Waals surface area contributed by atoms with E-state index in [4.69, 9.17) is 9.47 Å². The van der Waals surface area contributed by atoms with Crippen LogP contribution in [0.5, 0.6) is 0 Å². The van der Waals surface area contributed by atoms with Gasteiger partial charge in [0.15, 0.2) is 5.79 Å². The van der Waals surface area contributed by atoms with Gasteiger partial charge in [0.05, 0.1) is 25.4 Å². The molecule has 0 aromatic heterocycles. The highest BCUT2D eigenvalue weighted by atomic mass is 16.7. The summed E-state index contributed by atoms with van der Waals surface area (Å²) in [6.07, 6.45) is 8.21. The number of rotatable bonds is 1. The van der Waals surface area contributed by atoms with Gasteiger partial charge in [-0.1, -0.05) is 25.5 Å². The zero-order valence-corrected chi connectivity index (χ0v) is 16.9. The van der Waals surface area contributed by atoms with Crippen LogP contribution in [-0.4, -0.2) is 41.4 Å². The van der Waals surface area contributed by atoms with Gasteiger partial charge in [-0.2, -0.15) is 0 Å². The van der Waals surface area contributed by atoms with Crippen molar-refractivity contribution in [1.82, 2.24) is 0 Å². The third-order valence-electron chi connectivity index (χ3n) is 10.6. The molecule has 0 radical (unpaired) electrons. The Kier molecular flexibility index (Phi) is 3.23. The van der Waals surface area contributed by atoms with Crippen LogP contribution in [0.3, 0.4) is 0 Å². The molecular weight excluding hydrogens is 340 g/mol. The second-order valence-electron chi connectivity index (χ2n) is 11.1. The van der Waals surface area contributed by atoms with Crippen molar-refractivity contribution in [2.24, 2.45) is 39.9 Å². The van der Waals surface area contributed by atoms with Crippen molar-refractivity contribution in [3.63, 3.8) is 0 Å². The van der Waals surface area contributed by atoms with E-state index in [1.807, 2.05) is 0 Å². The van der Waals surface area contributed by atoms with Gasteiger partial charge in [-0.15, -0.1) is 0 Å². The van der Waals surface area contributed by atoms with Crippen LogP contribution in [0.1, 0.15) is 59.3 Å². The maximum atomic E-state index is 11.5. The first-order chi connectivity index (χ1) is 12.8. The van der Waals surface area contributed by atoms with E-state index in [1.54, 1.807) is 0 Å². The van der Waals surface area contributed by atoms with Gasteiger partial charge in [0.2, 0.25) is 0 Å². The molecule has 6 rings (SSSR count). The maximum Gasteiger partial charge on any atom is 0.169 e. The second-order valence-corrected chi connectivity index (χ2v) is 11.1. The molecule has 9 atom stereocenters. The highest BCUT2D eigenvalue weighted by molar-refractivity contribution is 5.36. The summed E-state index contributed by atoms with van der Waals surface area (Å²) >= 11 is 0. The monoisotopic (exact) mass is 374 g/mol. The Morgan fingerprint density at radius 2 is 1.78 bits per heavy atom.